The molecular formula is C13H9BrFN3. The monoisotopic (exact) mass is 305 g/mol. The highest BCUT2D eigenvalue weighted by Gasteiger charge is 2.02. The van der Waals surface area contributed by atoms with Gasteiger partial charge in [-0.05, 0) is 35.9 Å². The van der Waals surface area contributed by atoms with E-state index in [1.165, 1.54) is 12.1 Å². The topological polar surface area (TPSA) is 48.7 Å². The van der Waals surface area contributed by atoms with Gasteiger partial charge in [-0.2, -0.15) is 5.26 Å². The molecule has 2 rings (SSSR count). The molecule has 5 heteroatoms. The molecule has 18 heavy (non-hydrogen) atoms. The van der Waals surface area contributed by atoms with Crippen LogP contribution >= 0.6 is 15.9 Å². The number of halogens is 2. The van der Waals surface area contributed by atoms with E-state index in [1.54, 1.807) is 24.4 Å². The normalized spacial score (nSPS) is 9.83. The molecule has 1 heterocycles. The van der Waals surface area contributed by atoms with Crippen LogP contribution in [0.15, 0.2) is 41.0 Å². The summed E-state index contributed by atoms with van der Waals surface area (Å²) in [4.78, 5) is 4.08. The van der Waals surface area contributed by atoms with E-state index in [-0.39, 0.29) is 5.82 Å². The Balaban J connectivity index is 2.11. The van der Waals surface area contributed by atoms with Gasteiger partial charge < -0.3 is 5.32 Å². The third kappa shape index (κ3) is 3.05. The molecule has 0 amide bonds. The predicted molar refractivity (Wildman–Crippen MR) is 70.4 cm³/mol. The summed E-state index contributed by atoms with van der Waals surface area (Å²) in [5.74, 6) is 0.305. The van der Waals surface area contributed by atoms with E-state index in [4.69, 9.17) is 5.26 Å². The second-order valence-corrected chi connectivity index (χ2v) is 4.49. The standard InChI is InChI=1S/C13H9BrFN3/c14-12-2-1-11(15)6-10(12)8-18-13-5-9(7-16)3-4-17-13/h1-6H,8H2,(H,17,18). The highest BCUT2D eigenvalue weighted by Crippen LogP contribution is 2.19. The fourth-order valence-corrected chi connectivity index (χ4v) is 1.85. The molecule has 3 nitrogen and oxygen atoms in total. The van der Waals surface area contributed by atoms with Crippen molar-refractivity contribution < 1.29 is 4.39 Å². The third-order valence-corrected chi connectivity index (χ3v) is 3.13. The fraction of sp³-hybridized carbons (Fsp3) is 0.0769. The van der Waals surface area contributed by atoms with Crippen LogP contribution in [0.4, 0.5) is 10.2 Å². The molecule has 90 valence electrons. The zero-order chi connectivity index (χ0) is 13.0. The Bertz CT molecular complexity index is 607. The zero-order valence-corrected chi connectivity index (χ0v) is 10.9. The smallest absolute Gasteiger partial charge is 0.127 e. The molecule has 0 unspecified atom stereocenters. The highest BCUT2D eigenvalue weighted by molar-refractivity contribution is 9.10. The zero-order valence-electron chi connectivity index (χ0n) is 9.32. The van der Waals surface area contributed by atoms with Gasteiger partial charge in [0.05, 0.1) is 11.6 Å². The van der Waals surface area contributed by atoms with Gasteiger partial charge in [0.25, 0.3) is 0 Å². The number of nitrogens with zero attached hydrogens (tertiary/aromatic N) is 2. The van der Waals surface area contributed by atoms with Gasteiger partial charge in [0.2, 0.25) is 0 Å². The predicted octanol–water partition coefficient (Wildman–Crippen LogP) is 3.47. The first-order valence-electron chi connectivity index (χ1n) is 5.23. The fourth-order valence-electron chi connectivity index (χ4n) is 1.46. The molecule has 2 aromatic rings. The Morgan fingerprint density at radius 3 is 2.94 bits per heavy atom. The molecule has 1 N–H and O–H groups in total. The first-order chi connectivity index (χ1) is 8.69. The molecule has 1 aromatic heterocycles. The maximum absolute atomic E-state index is 13.1. The van der Waals surface area contributed by atoms with Crippen molar-refractivity contribution in [1.82, 2.24) is 4.98 Å². The van der Waals surface area contributed by atoms with Crippen molar-refractivity contribution in [2.45, 2.75) is 6.54 Å². The van der Waals surface area contributed by atoms with Gasteiger partial charge in [-0.1, -0.05) is 15.9 Å². The van der Waals surface area contributed by atoms with E-state index >= 15 is 0 Å². The van der Waals surface area contributed by atoms with Crippen LogP contribution in [0.1, 0.15) is 11.1 Å². The Morgan fingerprint density at radius 2 is 2.17 bits per heavy atom. The van der Waals surface area contributed by atoms with Crippen LogP contribution in [0.25, 0.3) is 0 Å². The van der Waals surface area contributed by atoms with Crippen molar-refractivity contribution in [3.8, 4) is 6.07 Å². The van der Waals surface area contributed by atoms with Gasteiger partial charge in [-0.15, -0.1) is 0 Å². The average Bonchev–Trinajstić information content (AvgIpc) is 2.40. The molecule has 0 spiro atoms. The molecule has 0 aliphatic carbocycles. The van der Waals surface area contributed by atoms with E-state index in [0.29, 0.717) is 17.9 Å². The number of anilines is 1. The van der Waals surface area contributed by atoms with Crippen LogP contribution in [-0.4, -0.2) is 4.98 Å². The van der Waals surface area contributed by atoms with Crippen molar-refractivity contribution >= 4 is 21.7 Å². The minimum Gasteiger partial charge on any atom is -0.366 e. The van der Waals surface area contributed by atoms with Crippen LogP contribution in [0, 0.1) is 17.1 Å². The van der Waals surface area contributed by atoms with E-state index < -0.39 is 0 Å². The first-order valence-corrected chi connectivity index (χ1v) is 6.02. The van der Waals surface area contributed by atoms with Crippen LogP contribution in [0.5, 0.6) is 0 Å². The second kappa shape index (κ2) is 5.61. The minimum atomic E-state index is -0.284. The number of benzene rings is 1. The molecule has 0 saturated heterocycles. The minimum absolute atomic E-state index is 0.284. The van der Waals surface area contributed by atoms with Gasteiger partial charge in [0, 0.05) is 17.2 Å². The SMILES string of the molecule is N#Cc1ccnc(NCc2cc(F)ccc2Br)c1. The number of hydrogen-bond donors (Lipinski definition) is 1. The van der Waals surface area contributed by atoms with Gasteiger partial charge in [0.15, 0.2) is 0 Å². The van der Waals surface area contributed by atoms with E-state index in [9.17, 15) is 4.39 Å². The molecule has 0 saturated carbocycles. The van der Waals surface area contributed by atoms with Crippen LogP contribution < -0.4 is 5.32 Å². The summed E-state index contributed by atoms with van der Waals surface area (Å²) in [5.41, 5.74) is 1.32. The number of pyridine rings is 1. The number of nitrogens with one attached hydrogen (secondary N) is 1. The summed E-state index contributed by atoms with van der Waals surface area (Å²) >= 11 is 3.35. The molecule has 1 aromatic carbocycles. The van der Waals surface area contributed by atoms with Crippen molar-refractivity contribution in [2.24, 2.45) is 0 Å². The third-order valence-electron chi connectivity index (χ3n) is 2.36. The Kier molecular flexibility index (Phi) is 3.90. The quantitative estimate of drug-likeness (QED) is 0.944. The van der Waals surface area contributed by atoms with Crippen molar-refractivity contribution in [3.63, 3.8) is 0 Å². The lowest BCUT2D eigenvalue weighted by Crippen LogP contribution is -2.02. The van der Waals surface area contributed by atoms with E-state index in [0.717, 1.165) is 10.0 Å². The summed E-state index contributed by atoms with van der Waals surface area (Å²) < 4.78 is 13.9. The maximum atomic E-state index is 13.1. The number of aromatic nitrogens is 1. The molecule has 0 fully saturated rings. The van der Waals surface area contributed by atoms with Crippen molar-refractivity contribution in [1.29, 1.82) is 5.26 Å². The Hall–Kier alpha value is -1.93. The van der Waals surface area contributed by atoms with E-state index in [2.05, 4.69) is 26.2 Å². The van der Waals surface area contributed by atoms with Crippen LogP contribution in [0.3, 0.4) is 0 Å². The van der Waals surface area contributed by atoms with Gasteiger partial charge >= 0.3 is 0 Å². The van der Waals surface area contributed by atoms with Crippen LogP contribution in [0.2, 0.25) is 0 Å². The van der Waals surface area contributed by atoms with Gasteiger partial charge in [0.1, 0.15) is 11.6 Å². The summed E-state index contributed by atoms with van der Waals surface area (Å²) in [6.45, 7) is 0.431. The molecule has 0 radical (unpaired) electrons. The van der Waals surface area contributed by atoms with E-state index in [1.807, 2.05) is 6.07 Å². The number of rotatable bonds is 3. The molecule has 0 aliphatic rings. The lowest BCUT2D eigenvalue weighted by molar-refractivity contribution is 0.625. The highest BCUT2D eigenvalue weighted by atomic mass is 79.9. The summed E-state index contributed by atoms with van der Waals surface area (Å²) in [6, 6.07) is 9.81. The lowest BCUT2D eigenvalue weighted by Gasteiger charge is -2.07. The Morgan fingerprint density at radius 1 is 1.33 bits per heavy atom. The maximum Gasteiger partial charge on any atom is 0.127 e. The molecule has 0 aliphatic heterocycles. The molecule has 0 atom stereocenters. The van der Waals surface area contributed by atoms with Gasteiger partial charge in [-0.3, -0.25) is 0 Å². The summed E-state index contributed by atoms with van der Waals surface area (Å²) in [6.07, 6.45) is 1.56. The molecule has 0 bridgehead atoms. The second-order valence-electron chi connectivity index (χ2n) is 3.63. The van der Waals surface area contributed by atoms with Crippen LogP contribution in [-0.2, 0) is 6.54 Å². The van der Waals surface area contributed by atoms with Crippen molar-refractivity contribution in [2.75, 3.05) is 5.32 Å². The lowest BCUT2D eigenvalue weighted by atomic mass is 10.2. The average molecular weight is 306 g/mol. The number of hydrogen-bond acceptors (Lipinski definition) is 3. The summed E-state index contributed by atoms with van der Waals surface area (Å²) in [5, 5.41) is 11.8. The van der Waals surface area contributed by atoms with Crippen molar-refractivity contribution in [3.05, 3.63) is 57.9 Å². The number of nitriles is 1. The largest absolute Gasteiger partial charge is 0.366 e. The summed E-state index contributed by atoms with van der Waals surface area (Å²) in [7, 11) is 0. The van der Waals surface area contributed by atoms with Gasteiger partial charge in [-0.25, -0.2) is 9.37 Å². The molecular weight excluding hydrogens is 297 g/mol. The Labute approximate surface area is 112 Å². The first kappa shape index (κ1) is 12.5.